The second kappa shape index (κ2) is 6.44. The largest absolute Gasteiger partial charge is 0.480 e. The maximum atomic E-state index is 10.8. The third-order valence-corrected chi connectivity index (χ3v) is 2.42. The highest BCUT2D eigenvalue weighted by Gasteiger charge is 2.19. The van der Waals surface area contributed by atoms with Gasteiger partial charge in [0.2, 0.25) is 5.91 Å². The van der Waals surface area contributed by atoms with E-state index in [-0.39, 0.29) is 18.6 Å². The molecule has 2 unspecified atom stereocenters. The minimum absolute atomic E-state index is 0.173. The molecule has 1 rings (SSSR count). The lowest BCUT2D eigenvalue weighted by Gasteiger charge is -2.16. The van der Waals surface area contributed by atoms with Crippen LogP contribution in [0.2, 0.25) is 0 Å². The Morgan fingerprint density at radius 3 is 2.81 bits per heavy atom. The normalized spacial score (nSPS) is 21.7. The minimum atomic E-state index is -1.03. The van der Waals surface area contributed by atoms with Crippen molar-refractivity contribution in [3.05, 3.63) is 0 Å². The zero-order valence-electron chi connectivity index (χ0n) is 9.36. The predicted molar refractivity (Wildman–Crippen MR) is 57.1 cm³/mol. The van der Waals surface area contributed by atoms with Crippen molar-refractivity contribution in [2.75, 3.05) is 19.7 Å². The summed E-state index contributed by atoms with van der Waals surface area (Å²) < 4.78 is 5.38. The quantitative estimate of drug-likeness (QED) is 0.564. The van der Waals surface area contributed by atoms with Crippen molar-refractivity contribution in [3.8, 4) is 0 Å². The first kappa shape index (κ1) is 12.9. The number of carbonyl (C=O) groups is 2. The van der Waals surface area contributed by atoms with Gasteiger partial charge in [0.15, 0.2) is 0 Å². The molecule has 0 aliphatic carbocycles. The Bertz CT molecular complexity index is 251. The first-order chi connectivity index (χ1) is 7.59. The van der Waals surface area contributed by atoms with Gasteiger partial charge >= 0.3 is 5.97 Å². The van der Waals surface area contributed by atoms with Gasteiger partial charge in [0.1, 0.15) is 6.04 Å². The number of carboxylic acids is 1. The average Bonchev–Trinajstić information content (AvgIpc) is 2.68. The molecule has 0 saturated carbocycles. The first-order valence-electron chi connectivity index (χ1n) is 5.42. The van der Waals surface area contributed by atoms with E-state index >= 15 is 0 Å². The van der Waals surface area contributed by atoms with Crippen LogP contribution < -0.4 is 10.6 Å². The fourth-order valence-electron chi connectivity index (χ4n) is 1.64. The molecule has 0 spiro atoms. The highest BCUT2D eigenvalue weighted by molar-refractivity contribution is 5.82. The van der Waals surface area contributed by atoms with Crippen LogP contribution >= 0.6 is 0 Å². The number of hydrogen-bond donors (Lipinski definition) is 3. The van der Waals surface area contributed by atoms with Gasteiger partial charge in [-0.2, -0.15) is 0 Å². The Labute approximate surface area is 94.3 Å². The molecule has 6 heteroatoms. The number of hydrogen-bond acceptors (Lipinski definition) is 4. The second-order valence-corrected chi connectivity index (χ2v) is 3.88. The highest BCUT2D eigenvalue weighted by atomic mass is 16.5. The number of nitrogens with one attached hydrogen (secondary N) is 2. The summed E-state index contributed by atoms with van der Waals surface area (Å²) in [5.74, 6) is -1.37. The highest BCUT2D eigenvalue weighted by Crippen LogP contribution is 2.10. The molecule has 92 valence electrons. The Hall–Kier alpha value is -1.14. The third kappa shape index (κ3) is 4.59. The maximum absolute atomic E-state index is 10.8. The summed E-state index contributed by atoms with van der Waals surface area (Å²) in [6.07, 6.45) is 2.23. The van der Waals surface area contributed by atoms with Crippen molar-refractivity contribution in [2.45, 2.75) is 31.9 Å². The lowest BCUT2D eigenvalue weighted by Crippen LogP contribution is -2.47. The van der Waals surface area contributed by atoms with Gasteiger partial charge in [-0.05, 0) is 12.8 Å². The molecular formula is C10H18N2O4. The van der Waals surface area contributed by atoms with Gasteiger partial charge in [-0.25, -0.2) is 4.79 Å². The molecule has 1 heterocycles. The molecular weight excluding hydrogens is 212 g/mol. The Kier molecular flexibility index (Phi) is 5.21. The number of rotatable bonds is 6. The molecule has 0 radical (unpaired) electrons. The molecule has 0 bridgehead atoms. The summed E-state index contributed by atoms with van der Waals surface area (Å²) in [6.45, 7) is 2.93. The summed E-state index contributed by atoms with van der Waals surface area (Å²) in [7, 11) is 0. The van der Waals surface area contributed by atoms with Crippen molar-refractivity contribution < 1.29 is 19.4 Å². The lowest BCUT2D eigenvalue weighted by atomic mass is 10.2. The van der Waals surface area contributed by atoms with Crippen LogP contribution in [0.3, 0.4) is 0 Å². The fourth-order valence-corrected chi connectivity index (χ4v) is 1.64. The zero-order chi connectivity index (χ0) is 12.0. The minimum Gasteiger partial charge on any atom is -0.480 e. The molecule has 0 aromatic rings. The molecule has 1 saturated heterocycles. The van der Waals surface area contributed by atoms with Gasteiger partial charge in [-0.1, -0.05) is 0 Å². The van der Waals surface area contributed by atoms with E-state index in [9.17, 15) is 9.59 Å². The van der Waals surface area contributed by atoms with Crippen molar-refractivity contribution in [1.29, 1.82) is 0 Å². The molecule has 0 aromatic heterocycles. The first-order valence-corrected chi connectivity index (χ1v) is 5.42. The molecule has 1 fully saturated rings. The molecule has 16 heavy (non-hydrogen) atoms. The van der Waals surface area contributed by atoms with Gasteiger partial charge in [-0.3, -0.25) is 4.79 Å². The van der Waals surface area contributed by atoms with Crippen LogP contribution in [-0.4, -0.2) is 48.8 Å². The zero-order valence-corrected chi connectivity index (χ0v) is 9.36. The van der Waals surface area contributed by atoms with Gasteiger partial charge in [-0.15, -0.1) is 0 Å². The van der Waals surface area contributed by atoms with Gasteiger partial charge < -0.3 is 20.5 Å². The number of amides is 1. The fraction of sp³-hybridized carbons (Fsp3) is 0.800. The molecule has 6 nitrogen and oxygen atoms in total. The van der Waals surface area contributed by atoms with Crippen molar-refractivity contribution >= 4 is 11.9 Å². The van der Waals surface area contributed by atoms with E-state index in [1.54, 1.807) is 0 Å². The van der Waals surface area contributed by atoms with E-state index in [1.165, 1.54) is 6.92 Å². The summed E-state index contributed by atoms with van der Waals surface area (Å²) in [4.78, 5) is 21.5. The van der Waals surface area contributed by atoms with Crippen molar-refractivity contribution in [2.24, 2.45) is 0 Å². The standard InChI is InChI=1S/C10H18N2O4/c1-7(13)12-9(10(14)15)6-11-5-8-3-2-4-16-8/h8-9,11H,2-6H2,1H3,(H,12,13)(H,14,15). The molecule has 1 amide bonds. The van der Waals surface area contributed by atoms with E-state index in [2.05, 4.69) is 10.6 Å². The van der Waals surface area contributed by atoms with Crippen LogP contribution in [0.4, 0.5) is 0 Å². The number of carboxylic acid groups (broad SMARTS) is 1. The lowest BCUT2D eigenvalue weighted by molar-refractivity contribution is -0.141. The third-order valence-electron chi connectivity index (χ3n) is 2.42. The van der Waals surface area contributed by atoms with Gasteiger partial charge in [0.05, 0.1) is 6.10 Å². The number of ether oxygens (including phenoxy) is 1. The summed E-state index contributed by atoms with van der Waals surface area (Å²) in [5.41, 5.74) is 0. The topological polar surface area (TPSA) is 87.7 Å². The molecule has 1 aliphatic heterocycles. The van der Waals surface area contributed by atoms with Crippen LogP contribution in [0.1, 0.15) is 19.8 Å². The smallest absolute Gasteiger partial charge is 0.327 e. The summed E-state index contributed by atoms with van der Waals surface area (Å²) in [6, 6.07) is -0.876. The van der Waals surface area contributed by atoms with E-state index in [4.69, 9.17) is 9.84 Å². The SMILES string of the molecule is CC(=O)NC(CNCC1CCCO1)C(=O)O. The van der Waals surface area contributed by atoms with E-state index in [0.29, 0.717) is 6.54 Å². The van der Waals surface area contributed by atoms with Crippen LogP contribution in [0.5, 0.6) is 0 Å². The van der Waals surface area contributed by atoms with Crippen LogP contribution in [0.25, 0.3) is 0 Å². The van der Waals surface area contributed by atoms with E-state index in [1.807, 2.05) is 0 Å². The Morgan fingerprint density at radius 2 is 2.31 bits per heavy atom. The summed E-state index contributed by atoms with van der Waals surface area (Å²) >= 11 is 0. The van der Waals surface area contributed by atoms with Gasteiger partial charge in [0, 0.05) is 26.6 Å². The Balaban J connectivity index is 2.21. The predicted octanol–water partition coefficient (Wildman–Crippen LogP) is -0.656. The molecule has 1 aliphatic rings. The number of aliphatic carboxylic acids is 1. The van der Waals surface area contributed by atoms with Crippen molar-refractivity contribution in [3.63, 3.8) is 0 Å². The monoisotopic (exact) mass is 230 g/mol. The Morgan fingerprint density at radius 1 is 1.56 bits per heavy atom. The van der Waals surface area contributed by atoms with Crippen LogP contribution in [0.15, 0.2) is 0 Å². The second-order valence-electron chi connectivity index (χ2n) is 3.88. The molecule has 3 N–H and O–H groups in total. The maximum Gasteiger partial charge on any atom is 0.327 e. The van der Waals surface area contributed by atoms with Crippen molar-refractivity contribution in [1.82, 2.24) is 10.6 Å². The van der Waals surface area contributed by atoms with E-state index in [0.717, 1.165) is 19.4 Å². The number of carbonyl (C=O) groups excluding carboxylic acids is 1. The molecule has 2 atom stereocenters. The average molecular weight is 230 g/mol. The van der Waals surface area contributed by atoms with Crippen LogP contribution in [0, 0.1) is 0 Å². The van der Waals surface area contributed by atoms with E-state index < -0.39 is 12.0 Å². The molecule has 0 aromatic carbocycles. The van der Waals surface area contributed by atoms with Gasteiger partial charge in [0.25, 0.3) is 0 Å². The van der Waals surface area contributed by atoms with Crippen LogP contribution in [-0.2, 0) is 14.3 Å². The summed E-state index contributed by atoms with van der Waals surface area (Å²) in [5, 5.41) is 14.2.